The van der Waals surface area contributed by atoms with E-state index in [-0.39, 0.29) is 6.10 Å². The molecule has 0 spiro atoms. The Balaban J connectivity index is 1.49. The molecule has 29 heavy (non-hydrogen) atoms. The molecule has 0 aromatic rings. The van der Waals surface area contributed by atoms with Gasteiger partial charge < -0.3 is 5.11 Å². The Morgan fingerprint density at radius 2 is 1.76 bits per heavy atom. The summed E-state index contributed by atoms with van der Waals surface area (Å²) in [5.74, 6) is 4.82. The SMILES string of the molecule is CC(C)[C@@H](O)CC[C@@H](C)C1CCC2C3CCC4=CC(=O)CC[C@]4(C)C3CCC21C. The molecular formula is C27H44O2. The van der Waals surface area contributed by atoms with E-state index in [0.717, 1.165) is 55.3 Å². The van der Waals surface area contributed by atoms with Crippen LogP contribution < -0.4 is 0 Å². The zero-order valence-electron chi connectivity index (χ0n) is 19.5. The van der Waals surface area contributed by atoms with E-state index in [9.17, 15) is 9.90 Å². The third kappa shape index (κ3) is 3.56. The lowest BCUT2D eigenvalue weighted by molar-refractivity contribution is -0.117. The molecule has 0 bridgehead atoms. The molecule has 0 radical (unpaired) electrons. The fraction of sp³-hybridized carbons (Fsp3) is 0.889. The van der Waals surface area contributed by atoms with Crippen LogP contribution in [0, 0.1) is 46.3 Å². The maximum absolute atomic E-state index is 12.0. The zero-order valence-corrected chi connectivity index (χ0v) is 19.5. The third-order valence-corrected chi connectivity index (χ3v) is 10.4. The minimum absolute atomic E-state index is 0.143. The second-order valence-corrected chi connectivity index (χ2v) is 12.1. The molecule has 4 rings (SSSR count). The lowest BCUT2D eigenvalue weighted by Gasteiger charge is -2.58. The molecule has 1 N–H and O–H groups in total. The molecule has 164 valence electrons. The van der Waals surface area contributed by atoms with Crippen molar-refractivity contribution in [3.8, 4) is 0 Å². The quantitative estimate of drug-likeness (QED) is 0.567. The highest BCUT2D eigenvalue weighted by Gasteiger charge is 2.59. The predicted molar refractivity (Wildman–Crippen MR) is 119 cm³/mol. The van der Waals surface area contributed by atoms with Crippen molar-refractivity contribution in [2.24, 2.45) is 46.3 Å². The molecule has 4 aliphatic rings. The summed E-state index contributed by atoms with van der Waals surface area (Å²) < 4.78 is 0. The summed E-state index contributed by atoms with van der Waals surface area (Å²) in [6, 6.07) is 0. The second kappa shape index (κ2) is 7.81. The van der Waals surface area contributed by atoms with Crippen LogP contribution in [0.1, 0.15) is 98.8 Å². The van der Waals surface area contributed by atoms with E-state index in [4.69, 9.17) is 0 Å². The molecule has 0 amide bonds. The number of rotatable bonds is 5. The van der Waals surface area contributed by atoms with Crippen molar-refractivity contribution in [3.63, 3.8) is 0 Å². The van der Waals surface area contributed by atoms with Gasteiger partial charge in [0.05, 0.1) is 6.10 Å². The molecule has 4 aliphatic carbocycles. The van der Waals surface area contributed by atoms with Crippen LogP contribution in [-0.2, 0) is 4.79 Å². The monoisotopic (exact) mass is 400 g/mol. The van der Waals surface area contributed by atoms with E-state index in [1.807, 2.05) is 6.08 Å². The summed E-state index contributed by atoms with van der Waals surface area (Å²) >= 11 is 0. The van der Waals surface area contributed by atoms with Crippen LogP contribution in [0.2, 0.25) is 0 Å². The summed E-state index contributed by atoms with van der Waals surface area (Å²) in [5.41, 5.74) is 2.28. The Morgan fingerprint density at radius 3 is 2.48 bits per heavy atom. The average Bonchev–Trinajstić information content (AvgIpc) is 3.03. The Bertz CT molecular complexity index is 663. The largest absolute Gasteiger partial charge is 0.393 e. The van der Waals surface area contributed by atoms with E-state index < -0.39 is 0 Å². The second-order valence-electron chi connectivity index (χ2n) is 12.1. The maximum Gasteiger partial charge on any atom is 0.155 e. The number of aliphatic hydroxyl groups excluding tert-OH is 1. The number of carbonyl (C=O) groups is 1. The van der Waals surface area contributed by atoms with Crippen molar-refractivity contribution in [1.82, 2.24) is 0 Å². The van der Waals surface area contributed by atoms with Crippen LogP contribution in [0.25, 0.3) is 0 Å². The molecule has 0 heterocycles. The summed E-state index contributed by atoms with van der Waals surface area (Å²) in [6.07, 6.45) is 13.9. The van der Waals surface area contributed by atoms with Gasteiger partial charge in [-0.25, -0.2) is 0 Å². The van der Waals surface area contributed by atoms with E-state index in [1.165, 1.54) is 44.1 Å². The number of ketones is 1. The van der Waals surface area contributed by atoms with Crippen molar-refractivity contribution in [3.05, 3.63) is 11.6 Å². The molecule has 0 saturated heterocycles. The molecular weight excluding hydrogens is 356 g/mol. The zero-order chi connectivity index (χ0) is 21.0. The number of hydrogen-bond donors (Lipinski definition) is 1. The Morgan fingerprint density at radius 1 is 1.00 bits per heavy atom. The van der Waals surface area contributed by atoms with E-state index in [0.29, 0.717) is 22.5 Å². The number of fused-ring (bicyclic) bond motifs is 5. The van der Waals surface area contributed by atoms with E-state index in [2.05, 4.69) is 34.6 Å². The van der Waals surface area contributed by atoms with Crippen LogP contribution in [0.4, 0.5) is 0 Å². The molecule has 3 fully saturated rings. The summed E-state index contributed by atoms with van der Waals surface area (Å²) in [7, 11) is 0. The van der Waals surface area contributed by atoms with Gasteiger partial charge in [-0.1, -0.05) is 40.2 Å². The van der Waals surface area contributed by atoms with Gasteiger partial charge in [-0.15, -0.1) is 0 Å². The van der Waals surface area contributed by atoms with Gasteiger partial charge in [0.25, 0.3) is 0 Å². The van der Waals surface area contributed by atoms with Gasteiger partial charge in [-0.05, 0) is 110 Å². The van der Waals surface area contributed by atoms with Crippen LogP contribution in [0.5, 0.6) is 0 Å². The standard InChI is InChI=1S/C27H44O2/c1-17(2)25(29)11-6-18(3)22-9-10-23-21-8-7-19-16-20(28)12-14-26(19,4)24(21)13-15-27(22,23)5/h16-18,21-25,29H,6-15H2,1-5H3/t18-,21?,22?,23?,24?,25+,26+,27?/m1/s1. The van der Waals surface area contributed by atoms with Crippen LogP contribution in [0.3, 0.4) is 0 Å². The summed E-state index contributed by atoms with van der Waals surface area (Å²) in [6.45, 7) is 11.8. The van der Waals surface area contributed by atoms with Gasteiger partial charge in [-0.2, -0.15) is 0 Å². The number of aliphatic hydroxyl groups is 1. The first kappa shape index (κ1) is 21.6. The molecule has 0 aliphatic heterocycles. The van der Waals surface area contributed by atoms with Gasteiger partial charge in [0.15, 0.2) is 5.78 Å². The van der Waals surface area contributed by atoms with Gasteiger partial charge in [-0.3, -0.25) is 4.79 Å². The molecule has 5 unspecified atom stereocenters. The highest BCUT2D eigenvalue weighted by Crippen LogP contribution is 2.67. The van der Waals surface area contributed by atoms with Crippen LogP contribution >= 0.6 is 0 Å². The van der Waals surface area contributed by atoms with Crippen molar-refractivity contribution in [1.29, 1.82) is 0 Å². The normalized spacial score (nSPS) is 44.0. The van der Waals surface area contributed by atoms with Crippen molar-refractivity contribution >= 4 is 5.78 Å². The van der Waals surface area contributed by atoms with Crippen LogP contribution in [0.15, 0.2) is 11.6 Å². The first-order valence-corrected chi connectivity index (χ1v) is 12.6. The Kier molecular flexibility index (Phi) is 5.82. The maximum atomic E-state index is 12.0. The lowest BCUT2D eigenvalue weighted by atomic mass is 9.46. The van der Waals surface area contributed by atoms with Gasteiger partial charge in [0.1, 0.15) is 0 Å². The fourth-order valence-electron chi connectivity index (χ4n) is 8.50. The topological polar surface area (TPSA) is 37.3 Å². The predicted octanol–water partition coefficient (Wildman–Crippen LogP) is 6.57. The van der Waals surface area contributed by atoms with E-state index in [1.54, 1.807) is 0 Å². The molecule has 8 atom stereocenters. The Hall–Kier alpha value is -0.630. The molecule has 2 nitrogen and oxygen atoms in total. The number of hydrogen-bond acceptors (Lipinski definition) is 2. The minimum Gasteiger partial charge on any atom is -0.393 e. The smallest absolute Gasteiger partial charge is 0.155 e. The highest BCUT2D eigenvalue weighted by atomic mass is 16.3. The third-order valence-electron chi connectivity index (χ3n) is 10.4. The first-order valence-electron chi connectivity index (χ1n) is 12.6. The Labute approximate surface area is 178 Å². The first-order chi connectivity index (χ1) is 13.7. The summed E-state index contributed by atoms with van der Waals surface area (Å²) in [4.78, 5) is 12.0. The molecule has 0 aromatic carbocycles. The van der Waals surface area contributed by atoms with Crippen molar-refractivity contribution in [2.75, 3.05) is 0 Å². The lowest BCUT2D eigenvalue weighted by Crippen LogP contribution is -2.51. The van der Waals surface area contributed by atoms with Crippen molar-refractivity contribution in [2.45, 2.75) is 105 Å². The molecule has 0 aromatic heterocycles. The number of allylic oxidation sites excluding steroid dienone is 1. The summed E-state index contributed by atoms with van der Waals surface area (Å²) in [5, 5.41) is 10.3. The average molecular weight is 401 g/mol. The number of carbonyl (C=O) groups excluding carboxylic acids is 1. The molecule has 3 saturated carbocycles. The van der Waals surface area contributed by atoms with Gasteiger partial charge >= 0.3 is 0 Å². The van der Waals surface area contributed by atoms with E-state index >= 15 is 0 Å². The highest BCUT2D eigenvalue weighted by molar-refractivity contribution is 5.91. The van der Waals surface area contributed by atoms with Crippen LogP contribution in [-0.4, -0.2) is 17.0 Å². The van der Waals surface area contributed by atoms with Crippen molar-refractivity contribution < 1.29 is 9.90 Å². The molecule has 2 heteroatoms. The van der Waals surface area contributed by atoms with Gasteiger partial charge in [0.2, 0.25) is 0 Å². The van der Waals surface area contributed by atoms with Gasteiger partial charge in [0, 0.05) is 6.42 Å². The fourth-order valence-corrected chi connectivity index (χ4v) is 8.50. The minimum atomic E-state index is -0.143.